The first-order valence-electron chi connectivity index (χ1n) is 7.52. The van der Waals surface area contributed by atoms with Gasteiger partial charge in [0.2, 0.25) is 0 Å². The van der Waals surface area contributed by atoms with Gasteiger partial charge in [-0.1, -0.05) is 64.1 Å². The average molecular weight is 481 g/mol. The molecule has 10 heteroatoms. The smallest absolute Gasteiger partial charge is 0.176 e. The van der Waals surface area contributed by atoms with Crippen molar-refractivity contribution in [3.8, 4) is 0 Å². The van der Waals surface area contributed by atoms with Crippen LogP contribution in [0.5, 0.6) is 0 Å². The van der Waals surface area contributed by atoms with Crippen molar-refractivity contribution >= 4 is 86.8 Å². The molecule has 0 fully saturated rings. The molecule has 0 saturated carbocycles. The molecule has 0 atom stereocenters. The van der Waals surface area contributed by atoms with Crippen LogP contribution >= 0.6 is 70.2 Å². The topological polar surface area (TPSA) is 41.9 Å². The van der Waals surface area contributed by atoms with Crippen molar-refractivity contribution in [1.29, 1.82) is 0 Å². The van der Waals surface area contributed by atoms with Crippen molar-refractivity contribution in [2.24, 2.45) is 0 Å². The van der Waals surface area contributed by atoms with E-state index in [1.165, 1.54) is 0 Å². The van der Waals surface area contributed by atoms with Crippen LogP contribution in [0.25, 0.3) is 0 Å². The number of benzene rings is 2. The molecule has 0 spiro atoms. The van der Waals surface area contributed by atoms with Gasteiger partial charge in [0.25, 0.3) is 0 Å². The van der Waals surface area contributed by atoms with Crippen LogP contribution in [0.2, 0.25) is 25.1 Å². The Morgan fingerprint density at radius 3 is 2.37 bits per heavy atom. The second kappa shape index (κ2) is 8.86. The lowest BCUT2D eigenvalue weighted by Crippen LogP contribution is -2.20. The maximum Gasteiger partial charge on any atom is 0.176 e. The number of aromatic nitrogens is 2. The lowest BCUT2D eigenvalue weighted by molar-refractivity contribution is 0.690. The van der Waals surface area contributed by atoms with Crippen molar-refractivity contribution in [2.45, 2.75) is 6.54 Å². The molecule has 27 heavy (non-hydrogen) atoms. The molecule has 140 valence electrons. The van der Waals surface area contributed by atoms with E-state index in [9.17, 15) is 0 Å². The molecule has 4 nitrogen and oxygen atoms in total. The molecular formula is C17H11Cl5N4S. The summed E-state index contributed by atoms with van der Waals surface area (Å²) >= 11 is 35.6. The van der Waals surface area contributed by atoms with Gasteiger partial charge in [-0.25, -0.2) is 0 Å². The van der Waals surface area contributed by atoms with E-state index in [1.54, 1.807) is 41.2 Å². The Kier molecular flexibility index (Phi) is 6.74. The van der Waals surface area contributed by atoms with Gasteiger partial charge in [0.05, 0.1) is 27.3 Å². The van der Waals surface area contributed by atoms with E-state index in [-0.39, 0.29) is 5.11 Å². The fraction of sp³-hybridized carbons (Fsp3) is 0.0588. The predicted molar refractivity (Wildman–Crippen MR) is 119 cm³/mol. The van der Waals surface area contributed by atoms with Crippen molar-refractivity contribution in [3.63, 3.8) is 0 Å². The number of thiocarbonyl (C=S) groups is 1. The maximum atomic E-state index is 6.24. The van der Waals surface area contributed by atoms with Crippen molar-refractivity contribution in [3.05, 3.63) is 73.3 Å². The highest BCUT2D eigenvalue weighted by molar-refractivity contribution is 7.80. The highest BCUT2D eigenvalue weighted by Gasteiger charge is 2.11. The van der Waals surface area contributed by atoms with Gasteiger partial charge in [-0.15, -0.1) is 0 Å². The van der Waals surface area contributed by atoms with Crippen LogP contribution in [-0.4, -0.2) is 14.9 Å². The standard InChI is InChI=1S/C17H11Cl5N4S/c18-10-2-4-12(20)15(6-10)23-17(27)24-16-14(22)8-26(25-16)7-9-1-3-11(19)13(21)5-9/h1-6,8H,7H2,(H2,23,24,25,27). The third-order valence-corrected chi connectivity index (χ3v) is 5.24. The van der Waals surface area contributed by atoms with Crippen LogP contribution in [0.1, 0.15) is 5.56 Å². The quantitative estimate of drug-likeness (QED) is 0.394. The zero-order chi connectivity index (χ0) is 19.6. The van der Waals surface area contributed by atoms with Gasteiger partial charge in [0.1, 0.15) is 5.02 Å². The molecule has 3 aromatic rings. The first-order chi connectivity index (χ1) is 12.8. The Hall–Kier alpha value is -1.21. The van der Waals surface area contributed by atoms with Gasteiger partial charge in [-0.2, -0.15) is 5.10 Å². The Balaban J connectivity index is 1.69. The first kappa shape index (κ1) is 20.5. The monoisotopic (exact) mass is 478 g/mol. The van der Waals surface area contributed by atoms with Crippen LogP contribution in [0, 0.1) is 0 Å². The highest BCUT2D eigenvalue weighted by Crippen LogP contribution is 2.27. The maximum absolute atomic E-state index is 6.24. The molecule has 2 aromatic carbocycles. The van der Waals surface area contributed by atoms with Crippen LogP contribution in [0.4, 0.5) is 11.5 Å². The largest absolute Gasteiger partial charge is 0.331 e. The van der Waals surface area contributed by atoms with Crippen molar-refractivity contribution in [2.75, 3.05) is 10.6 Å². The number of hydrogen-bond acceptors (Lipinski definition) is 2. The Labute approximate surface area is 186 Å². The third kappa shape index (κ3) is 5.41. The van der Waals surface area contributed by atoms with Gasteiger partial charge in [-0.3, -0.25) is 4.68 Å². The van der Waals surface area contributed by atoms with E-state index in [1.807, 2.05) is 6.07 Å². The van der Waals surface area contributed by atoms with Crippen LogP contribution in [-0.2, 0) is 6.54 Å². The minimum atomic E-state index is 0.279. The Bertz CT molecular complexity index is 1000. The van der Waals surface area contributed by atoms with E-state index in [0.717, 1.165) is 5.56 Å². The molecule has 0 radical (unpaired) electrons. The Morgan fingerprint density at radius 1 is 0.889 bits per heavy atom. The van der Waals surface area contributed by atoms with Crippen LogP contribution < -0.4 is 10.6 Å². The number of nitrogens with one attached hydrogen (secondary N) is 2. The molecular weight excluding hydrogens is 470 g/mol. The first-order valence-corrected chi connectivity index (χ1v) is 9.81. The molecule has 0 bridgehead atoms. The van der Waals surface area contributed by atoms with E-state index in [0.29, 0.717) is 43.2 Å². The fourth-order valence-corrected chi connectivity index (χ4v) is 3.30. The molecule has 0 aliphatic heterocycles. The van der Waals surface area contributed by atoms with Crippen LogP contribution in [0.3, 0.4) is 0 Å². The third-order valence-electron chi connectivity index (χ3n) is 3.45. The highest BCUT2D eigenvalue weighted by atomic mass is 35.5. The van der Waals surface area contributed by atoms with Gasteiger partial charge in [0, 0.05) is 11.2 Å². The summed E-state index contributed by atoms with van der Waals surface area (Å²) in [6, 6.07) is 10.4. The fourth-order valence-electron chi connectivity index (χ4n) is 2.24. The van der Waals surface area contributed by atoms with Crippen molar-refractivity contribution in [1.82, 2.24) is 9.78 Å². The van der Waals surface area contributed by atoms with Gasteiger partial charge >= 0.3 is 0 Å². The van der Waals surface area contributed by atoms with Crippen LogP contribution in [0.15, 0.2) is 42.6 Å². The lowest BCUT2D eigenvalue weighted by Gasteiger charge is -2.10. The minimum absolute atomic E-state index is 0.279. The number of nitrogens with zero attached hydrogens (tertiary/aromatic N) is 2. The van der Waals surface area contributed by atoms with Gasteiger partial charge < -0.3 is 10.6 Å². The van der Waals surface area contributed by atoms with E-state index in [4.69, 9.17) is 70.2 Å². The predicted octanol–water partition coefficient (Wildman–Crippen LogP) is 7.01. The second-order valence-electron chi connectivity index (χ2n) is 5.47. The number of halogens is 5. The molecule has 3 rings (SSSR count). The summed E-state index contributed by atoms with van der Waals surface area (Å²) in [6.45, 7) is 0.471. The lowest BCUT2D eigenvalue weighted by atomic mass is 10.2. The molecule has 2 N–H and O–H groups in total. The molecule has 1 aromatic heterocycles. The summed E-state index contributed by atoms with van der Waals surface area (Å²) in [5.41, 5.74) is 1.51. The number of anilines is 2. The minimum Gasteiger partial charge on any atom is -0.331 e. The summed E-state index contributed by atoms with van der Waals surface area (Å²) in [5, 5.41) is 13.0. The normalized spacial score (nSPS) is 10.7. The molecule has 0 unspecified atom stereocenters. The molecule has 0 aliphatic rings. The van der Waals surface area contributed by atoms with Crippen molar-refractivity contribution < 1.29 is 0 Å². The summed E-state index contributed by atoms with van der Waals surface area (Å²) in [5.74, 6) is 0.410. The van der Waals surface area contributed by atoms with Gasteiger partial charge in [-0.05, 0) is 48.1 Å². The average Bonchev–Trinajstić information content (AvgIpc) is 2.93. The van der Waals surface area contributed by atoms with E-state index >= 15 is 0 Å². The SMILES string of the molecule is S=C(Nc1cc(Cl)ccc1Cl)Nc1nn(Cc2ccc(Cl)c(Cl)c2)cc1Cl. The summed E-state index contributed by atoms with van der Waals surface area (Å²) in [4.78, 5) is 0. The molecule has 0 aliphatic carbocycles. The summed E-state index contributed by atoms with van der Waals surface area (Å²) < 4.78 is 1.67. The molecule has 1 heterocycles. The van der Waals surface area contributed by atoms with E-state index < -0.39 is 0 Å². The second-order valence-corrected chi connectivity index (χ2v) is 7.95. The zero-order valence-electron chi connectivity index (χ0n) is 13.4. The molecule has 0 amide bonds. The zero-order valence-corrected chi connectivity index (χ0v) is 18.0. The Morgan fingerprint density at radius 2 is 1.63 bits per heavy atom. The number of rotatable bonds is 4. The number of hydrogen-bond donors (Lipinski definition) is 2. The van der Waals surface area contributed by atoms with Gasteiger partial charge in [0.15, 0.2) is 10.9 Å². The van der Waals surface area contributed by atoms with E-state index in [2.05, 4.69) is 15.7 Å². The summed E-state index contributed by atoms with van der Waals surface area (Å²) in [7, 11) is 0. The molecule has 0 saturated heterocycles. The summed E-state index contributed by atoms with van der Waals surface area (Å²) in [6.07, 6.45) is 1.68.